The molecular formula is C16H20N6O2. The molecule has 8 nitrogen and oxygen atoms in total. The van der Waals surface area contributed by atoms with Gasteiger partial charge in [-0.3, -0.25) is 14.6 Å². The number of carbonyl (C=O) groups excluding carboxylic acids is 2. The smallest absolute Gasteiger partial charge is 0.325 e. The molecule has 0 spiro atoms. The first-order valence-electron chi connectivity index (χ1n) is 7.79. The lowest BCUT2D eigenvalue weighted by Gasteiger charge is -2.32. The Morgan fingerprint density at radius 1 is 1.29 bits per heavy atom. The predicted molar refractivity (Wildman–Crippen MR) is 87.3 cm³/mol. The van der Waals surface area contributed by atoms with E-state index in [-0.39, 0.29) is 24.6 Å². The number of urea groups is 1. The minimum Gasteiger partial charge on any atom is -0.337 e. The van der Waals surface area contributed by atoms with Gasteiger partial charge < -0.3 is 5.32 Å². The zero-order valence-corrected chi connectivity index (χ0v) is 13.7. The molecule has 2 aromatic rings. The normalized spacial score (nSPS) is 16.4. The van der Waals surface area contributed by atoms with E-state index in [4.69, 9.17) is 0 Å². The highest BCUT2D eigenvalue weighted by Gasteiger charge is 2.27. The average molecular weight is 328 g/mol. The maximum atomic E-state index is 11.9. The fourth-order valence-corrected chi connectivity index (χ4v) is 2.61. The molecule has 1 saturated heterocycles. The van der Waals surface area contributed by atoms with Gasteiger partial charge in [0.2, 0.25) is 5.91 Å². The van der Waals surface area contributed by atoms with Crippen LogP contribution in [0.3, 0.4) is 0 Å². The van der Waals surface area contributed by atoms with E-state index >= 15 is 0 Å². The van der Waals surface area contributed by atoms with Crippen LogP contribution in [0.1, 0.15) is 24.9 Å². The molecule has 1 aromatic heterocycles. The third kappa shape index (κ3) is 3.28. The molecule has 1 aliphatic heterocycles. The molecule has 24 heavy (non-hydrogen) atoms. The predicted octanol–water partition coefficient (Wildman–Crippen LogP) is 1.16. The number of nitrogens with zero attached hydrogens (tertiary/aromatic N) is 5. The van der Waals surface area contributed by atoms with Crippen molar-refractivity contribution in [2.45, 2.75) is 19.4 Å². The van der Waals surface area contributed by atoms with E-state index < -0.39 is 0 Å². The molecule has 2 heterocycles. The number of aromatic nitrogens is 3. The number of benzene rings is 1. The molecule has 0 aliphatic carbocycles. The van der Waals surface area contributed by atoms with Crippen molar-refractivity contribution in [1.82, 2.24) is 29.9 Å². The maximum absolute atomic E-state index is 11.9. The van der Waals surface area contributed by atoms with Crippen LogP contribution in [-0.4, -0.2) is 56.8 Å². The largest absolute Gasteiger partial charge is 0.337 e. The van der Waals surface area contributed by atoms with Crippen molar-refractivity contribution in [1.29, 1.82) is 0 Å². The third-order valence-electron chi connectivity index (χ3n) is 4.25. The van der Waals surface area contributed by atoms with Gasteiger partial charge >= 0.3 is 6.03 Å². The van der Waals surface area contributed by atoms with Crippen LogP contribution < -0.4 is 5.32 Å². The summed E-state index contributed by atoms with van der Waals surface area (Å²) in [5.74, 6) is -0.140. The van der Waals surface area contributed by atoms with Gasteiger partial charge in [-0.25, -0.2) is 14.5 Å². The van der Waals surface area contributed by atoms with E-state index in [1.807, 2.05) is 43.1 Å². The Labute approximate surface area is 140 Å². The third-order valence-corrected chi connectivity index (χ3v) is 4.25. The second-order valence-electron chi connectivity index (χ2n) is 5.81. The Kier molecular flexibility index (Phi) is 4.57. The maximum Gasteiger partial charge on any atom is 0.325 e. The summed E-state index contributed by atoms with van der Waals surface area (Å²) >= 11 is 0. The van der Waals surface area contributed by atoms with E-state index in [9.17, 15) is 9.59 Å². The minimum absolute atomic E-state index is 0.0531. The van der Waals surface area contributed by atoms with Gasteiger partial charge in [0.25, 0.3) is 0 Å². The van der Waals surface area contributed by atoms with Crippen LogP contribution >= 0.6 is 0 Å². The Morgan fingerprint density at radius 3 is 2.67 bits per heavy atom. The molecule has 1 fully saturated rings. The van der Waals surface area contributed by atoms with Crippen molar-refractivity contribution in [2.75, 3.05) is 20.3 Å². The van der Waals surface area contributed by atoms with Crippen molar-refractivity contribution in [3.63, 3.8) is 0 Å². The highest BCUT2D eigenvalue weighted by molar-refractivity contribution is 5.96. The van der Waals surface area contributed by atoms with Gasteiger partial charge in [-0.1, -0.05) is 12.1 Å². The molecule has 1 aliphatic rings. The Bertz CT molecular complexity index is 697. The number of carbonyl (C=O) groups is 2. The Morgan fingerprint density at radius 2 is 2.04 bits per heavy atom. The van der Waals surface area contributed by atoms with Gasteiger partial charge in [-0.05, 0) is 31.7 Å². The molecule has 1 N–H and O–H groups in total. The Hall–Kier alpha value is -2.74. The molecular weight excluding hydrogens is 308 g/mol. The van der Waals surface area contributed by atoms with Gasteiger partial charge in [0.05, 0.1) is 12.4 Å². The minimum atomic E-state index is -0.327. The number of hydrogen-bond acceptors (Lipinski definition) is 5. The second-order valence-corrected chi connectivity index (χ2v) is 5.81. The highest BCUT2D eigenvalue weighted by atomic mass is 16.2. The number of hydrogen-bond donors (Lipinski definition) is 1. The monoisotopic (exact) mass is 328 g/mol. The lowest BCUT2D eigenvalue weighted by atomic mass is 10.1. The zero-order valence-electron chi connectivity index (χ0n) is 13.7. The molecule has 0 saturated carbocycles. The number of imide groups is 1. The Balaban J connectivity index is 1.68. The van der Waals surface area contributed by atoms with Crippen LogP contribution in [0.25, 0.3) is 5.69 Å². The first-order valence-corrected chi connectivity index (χ1v) is 7.79. The van der Waals surface area contributed by atoms with Crippen LogP contribution in [0.5, 0.6) is 0 Å². The summed E-state index contributed by atoms with van der Waals surface area (Å²) in [5.41, 5.74) is 2.02. The van der Waals surface area contributed by atoms with E-state index in [0.29, 0.717) is 13.0 Å². The fourth-order valence-electron chi connectivity index (χ4n) is 2.61. The van der Waals surface area contributed by atoms with E-state index in [1.165, 1.54) is 11.2 Å². The van der Waals surface area contributed by atoms with Crippen molar-refractivity contribution in [2.24, 2.45) is 0 Å². The van der Waals surface area contributed by atoms with Gasteiger partial charge in [0, 0.05) is 19.0 Å². The SMILES string of the molecule is C[C@H](c1ccc(-n2cncn2)cc1)N(C)CN1C(=O)CCNC1=O. The first-order chi connectivity index (χ1) is 11.6. The fraction of sp³-hybridized carbons (Fsp3) is 0.375. The van der Waals surface area contributed by atoms with Crippen molar-refractivity contribution in [3.8, 4) is 5.69 Å². The first kappa shape index (κ1) is 16.1. The molecule has 3 rings (SSSR count). The van der Waals surface area contributed by atoms with Gasteiger partial charge in [-0.2, -0.15) is 5.10 Å². The summed E-state index contributed by atoms with van der Waals surface area (Å²) in [6.07, 6.45) is 3.48. The summed E-state index contributed by atoms with van der Waals surface area (Å²) in [6.45, 7) is 2.71. The summed E-state index contributed by atoms with van der Waals surface area (Å²) in [7, 11) is 1.89. The molecule has 0 unspecified atom stereocenters. The van der Waals surface area contributed by atoms with Gasteiger partial charge in [0.1, 0.15) is 12.7 Å². The second kappa shape index (κ2) is 6.79. The lowest BCUT2D eigenvalue weighted by Crippen LogP contribution is -2.53. The summed E-state index contributed by atoms with van der Waals surface area (Å²) in [6, 6.07) is 7.68. The van der Waals surface area contributed by atoms with Crippen molar-refractivity contribution in [3.05, 3.63) is 42.5 Å². The standard InChI is InChI=1S/C16H20N6O2/c1-12(20(2)11-21-15(23)7-8-18-16(21)24)13-3-5-14(6-4-13)22-10-17-9-19-22/h3-6,9-10,12H,7-8,11H2,1-2H3,(H,18,24)/t12-/m1/s1. The zero-order chi connectivity index (χ0) is 17.1. The summed E-state index contributed by atoms with van der Waals surface area (Å²) in [5, 5.41) is 6.79. The molecule has 126 valence electrons. The average Bonchev–Trinajstić information content (AvgIpc) is 3.12. The summed E-state index contributed by atoms with van der Waals surface area (Å²) in [4.78, 5) is 30.9. The van der Waals surface area contributed by atoms with Crippen LogP contribution in [0.15, 0.2) is 36.9 Å². The molecule has 0 bridgehead atoms. The number of amides is 3. The summed E-state index contributed by atoms with van der Waals surface area (Å²) < 4.78 is 1.69. The highest BCUT2D eigenvalue weighted by Crippen LogP contribution is 2.21. The number of rotatable bonds is 5. The lowest BCUT2D eigenvalue weighted by molar-refractivity contribution is -0.131. The molecule has 3 amide bonds. The molecule has 1 atom stereocenters. The van der Waals surface area contributed by atoms with Crippen molar-refractivity contribution >= 4 is 11.9 Å². The van der Waals surface area contributed by atoms with Crippen molar-refractivity contribution < 1.29 is 9.59 Å². The number of nitrogens with one attached hydrogen (secondary N) is 1. The van der Waals surface area contributed by atoms with E-state index in [2.05, 4.69) is 15.4 Å². The van der Waals surface area contributed by atoms with Gasteiger partial charge in [-0.15, -0.1) is 0 Å². The quantitative estimate of drug-likeness (QED) is 0.890. The molecule has 0 radical (unpaired) electrons. The van der Waals surface area contributed by atoms with Crippen LogP contribution in [0, 0.1) is 0 Å². The topological polar surface area (TPSA) is 83.4 Å². The molecule has 1 aromatic carbocycles. The van der Waals surface area contributed by atoms with E-state index in [1.54, 1.807) is 11.0 Å². The van der Waals surface area contributed by atoms with Crippen LogP contribution in [0.2, 0.25) is 0 Å². The van der Waals surface area contributed by atoms with E-state index in [0.717, 1.165) is 11.3 Å². The van der Waals surface area contributed by atoms with Crippen LogP contribution in [0.4, 0.5) is 4.79 Å². The van der Waals surface area contributed by atoms with Gasteiger partial charge in [0.15, 0.2) is 0 Å². The molecule has 8 heteroatoms. The van der Waals surface area contributed by atoms with Crippen LogP contribution in [-0.2, 0) is 4.79 Å².